The SMILES string of the molecule is CCC(C/C=C(\C)CCC=C(C)C)/C(C)=C/COPP. The summed E-state index contributed by atoms with van der Waals surface area (Å²) < 4.78 is 5.39. The molecule has 0 N–H and O–H groups in total. The zero-order chi connectivity index (χ0) is 15.4. The first-order valence-corrected chi connectivity index (χ1v) is 10.3. The van der Waals surface area contributed by atoms with E-state index in [2.05, 4.69) is 61.8 Å². The highest BCUT2D eigenvalue weighted by atomic mass is 32.0. The number of allylic oxidation sites excluding steroid dienone is 5. The minimum absolute atomic E-state index is 0.501. The van der Waals surface area contributed by atoms with Gasteiger partial charge in [0.25, 0.3) is 0 Å². The van der Waals surface area contributed by atoms with Crippen molar-refractivity contribution in [1.82, 2.24) is 0 Å². The second-order valence-corrected chi connectivity index (χ2v) is 6.82. The molecular weight excluding hydrogens is 282 g/mol. The fourth-order valence-electron chi connectivity index (χ4n) is 2.10. The Morgan fingerprint density at radius 3 is 2.40 bits per heavy atom. The largest absolute Gasteiger partial charge is 0.354 e. The molecule has 0 aliphatic heterocycles. The molecule has 0 spiro atoms. The van der Waals surface area contributed by atoms with Crippen LogP contribution in [0.15, 0.2) is 34.9 Å². The van der Waals surface area contributed by atoms with Crippen molar-refractivity contribution < 1.29 is 4.52 Å². The van der Waals surface area contributed by atoms with E-state index in [1.54, 1.807) is 0 Å². The van der Waals surface area contributed by atoms with Gasteiger partial charge in [0.05, 0.1) is 6.61 Å². The average molecular weight is 314 g/mol. The molecule has 0 amide bonds. The van der Waals surface area contributed by atoms with Crippen molar-refractivity contribution in [2.24, 2.45) is 5.92 Å². The molecule has 116 valence electrons. The van der Waals surface area contributed by atoms with E-state index in [1.807, 2.05) is 0 Å². The Morgan fingerprint density at radius 2 is 1.85 bits per heavy atom. The molecule has 0 aliphatic carbocycles. The van der Waals surface area contributed by atoms with Gasteiger partial charge in [-0.2, -0.15) is 0 Å². The smallest absolute Gasteiger partial charge is 0.0693 e. The van der Waals surface area contributed by atoms with Gasteiger partial charge in [-0.05, 0) is 59.3 Å². The maximum absolute atomic E-state index is 5.39. The summed E-state index contributed by atoms with van der Waals surface area (Å²) in [4.78, 5) is 0. The number of hydrogen-bond donors (Lipinski definition) is 0. The monoisotopic (exact) mass is 314 g/mol. The van der Waals surface area contributed by atoms with Crippen LogP contribution in [0.2, 0.25) is 0 Å². The molecule has 0 bridgehead atoms. The lowest BCUT2D eigenvalue weighted by molar-refractivity contribution is 0.420. The van der Waals surface area contributed by atoms with Crippen molar-refractivity contribution in [2.45, 2.75) is 60.3 Å². The molecule has 3 unspecified atom stereocenters. The number of hydrogen-bond acceptors (Lipinski definition) is 1. The molecule has 0 saturated heterocycles. The highest BCUT2D eigenvalue weighted by Crippen LogP contribution is 2.23. The van der Waals surface area contributed by atoms with Crippen LogP contribution in [0.1, 0.15) is 60.3 Å². The molecule has 3 heteroatoms. The summed E-state index contributed by atoms with van der Waals surface area (Å²) in [5.41, 5.74) is 4.39. The summed E-state index contributed by atoms with van der Waals surface area (Å²) in [5.74, 6) is 0.657. The van der Waals surface area contributed by atoms with E-state index < -0.39 is 0 Å². The molecule has 0 aromatic carbocycles. The lowest BCUT2D eigenvalue weighted by Crippen LogP contribution is -2.00. The lowest BCUT2D eigenvalue weighted by Gasteiger charge is -2.14. The molecule has 0 radical (unpaired) electrons. The van der Waals surface area contributed by atoms with Crippen molar-refractivity contribution in [3.05, 3.63) is 34.9 Å². The third kappa shape index (κ3) is 10.8. The standard InChI is InChI=1S/C17H32OP2/c1-6-17(16(5)12-13-18-20-19)11-10-15(4)9-7-8-14(2)3/h8,10,12,17,20H,6-7,9,11,13,19H2,1-5H3/b15-10+,16-12+. The minimum Gasteiger partial charge on any atom is -0.354 e. The van der Waals surface area contributed by atoms with Gasteiger partial charge < -0.3 is 4.52 Å². The first-order valence-electron chi connectivity index (χ1n) is 7.54. The molecule has 0 aliphatic rings. The van der Waals surface area contributed by atoms with Gasteiger partial charge in [-0.1, -0.05) is 50.8 Å². The van der Waals surface area contributed by atoms with Crippen LogP contribution in [-0.2, 0) is 4.52 Å². The summed E-state index contributed by atoms with van der Waals surface area (Å²) in [6.45, 7) is 11.8. The number of rotatable bonds is 10. The molecular formula is C17H32OP2. The summed E-state index contributed by atoms with van der Waals surface area (Å²) >= 11 is 0. The molecule has 0 saturated carbocycles. The van der Waals surface area contributed by atoms with Crippen LogP contribution in [0, 0.1) is 5.92 Å². The summed E-state index contributed by atoms with van der Waals surface area (Å²) in [5, 5.41) is 0. The van der Waals surface area contributed by atoms with Crippen molar-refractivity contribution in [3.63, 3.8) is 0 Å². The quantitative estimate of drug-likeness (QED) is 0.256. The first-order chi connectivity index (χ1) is 9.51. The molecule has 3 atom stereocenters. The lowest BCUT2D eigenvalue weighted by atomic mass is 9.92. The average Bonchev–Trinajstić information content (AvgIpc) is 2.39. The van der Waals surface area contributed by atoms with E-state index in [9.17, 15) is 0 Å². The Labute approximate surface area is 130 Å². The third-order valence-electron chi connectivity index (χ3n) is 3.55. The van der Waals surface area contributed by atoms with Gasteiger partial charge in [0, 0.05) is 8.50 Å². The van der Waals surface area contributed by atoms with Crippen LogP contribution in [0.3, 0.4) is 0 Å². The fourth-order valence-corrected chi connectivity index (χ4v) is 2.56. The Bertz CT molecular complexity index is 339. The summed E-state index contributed by atoms with van der Waals surface area (Å²) in [6.07, 6.45) is 11.7. The zero-order valence-corrected chi connectivity index (χ0v) is 16.0. The van der Waals surface area contributed by atoms with Crippen molar-refractivity contribution >= 4 is 17.4 Å². The maximum atomic E-state index is 5.39. The Morgan fingerprint density at radius 1 is 1.15 bits per heavy atom. The Hall–Kier alpha value is 0.0400. The topological polar surface area (TPSA) is 9.23 Å². The van der Waals surface area contributed by atoms with Gasteiger partial charge in [0.2, 0.25) is 0 Å². The molecule has 20 heavy (non-hydrogen) atoms. The molecule has 0 aromatic rings. The fraction of sp³-hybridized carbons (Fsp3) is 0.647. The van der Waals surface area contributed by atoms with Gasteiger partial charge in [-0.15, -0.1) is 0 Å². The van der Waals surface area contributed by atoms with Gasteiger partial charge in [0.1, 0.15) is 0 Å². The van der Waals surface area contributed by atoms with Gasteiger partial charge in [-0.3, -0.25) is 0 Å². The molecule has 0 fully saturated rings. The van der Waals surface area contributed by atoms with Crippen LogP contribution < -0.4 is 0 Å². The molecule has 0 rings (SSSR count). The minimum atomic E-state index is 0.501. The van der Waals surface area contributed by atoms with Gasteiger partial charge >= 0.3 is 0 Å². The van der Waals surface area contributed by atoms with Crippen LogP contribution in [0.25, 0.3) is 0 Å². The van der Waals surface area contributed by atoms with E-state index in [0.29, 0.717) is 14.4 Å². The predicted molar refractivity (Wildman–Crippen MR) is 98.6 cm³/mol. The van der Waals surface area contributed by atoms with Crippen LogP contribution in [0.4, 0.5) is 0 Å². The van der Waals surface area contributed by atoms with Crippen LogP contribution in [-0.4, -0.2) is 6.61 Å². The maximum Gasteiger partial charge on any atom is 0.0693 e. The third-order valence-corrected chi connectivity index (χ3v) is 4.38. The zero-order valence-electron chi connectivity index (χ0n) is 13.8. The van der Waals surface area contributed by atoms with Crippen LogP contribution >= 0.6 is 17.4 Å². The second-order valence-electron chi connectivity index (χ2n) is 5.59. The van der Waals surface area contributed by atoms with E-state index in [1.165, 1.54) is 36.0 Å². The highest BCUT2D eigenvalue weighted by Gasteiger charge is 2.06. The van der Waals surface area contributed by atoms with E-state index in [4.69, 9.17) is 4.52 Å². The first kappa shape index (κ1) is 20.0. The van der Waals surface area contributed by atoms with Gasteiger partial charge in [-0.25, -0.2) is 0 Å². The Kier molecular flexibility index (Phi) is 12.8. The van der Waals surface area contributed by atoms with Crippen LogP contribution in [0.5, 0.6) is 0 Å². The van der Waals surface area contributed by atoms with Crippen molar-refractivity contribution in [2.75, 3.05) is 6.61 Å². The Balaban J connectivity index is 4.27. The second kappa shape index (κ2) is 12.8. The molecule has 0 aromatic heterocycles. The summed E-state index contributed by atoms with van der Waals surface area (Å²) in [7, 11) is 3.12. The molecule has 1 nitrogen and oxygen atoms in total. The van der Waals surface area contributed by atoms with Gasteiger partial charge in [0.15, 0.2) is 0 Å². The van der Waals surface area contributed by atoms with Crippen molar-refractivity contribution in [3.8, 4) is 0 Å². The van der Waals surface area contributed by atoms with E-state index in [-0.39, 0.29) is 0 Å². The summed E-state index contributed by atoms with van der Waals surface area (Å²) in [6, 6.07) is 0. The molecule has 0 heterocycles. The normalized spacial score (nSPS) is 14.9. The predicted octanol–water partition coefficient (Wildman–Crippen LogP) is 6.44. The van der Waals surface area contributed by atoms with E-state index in [0.717, 1.165) is 13.0 Å². The van der Waals surface area contributed by atoms with Crippen molar-refractivity contribution in [1.29, 1.82) is 0 Å². The van der Waals surface area contributed by atoms with E-state index >= 15 is 0 Å². The highest BCUT2D eigenvalue weighted by molar-refractivity contribution is 8.00.